The molecule has 12 heavy (non-hydrogen) atoms. The lowest BCUT2D eigenvalue weighted by molar-refractivity contribution is 0.415. The summed E-state index contributed by atoms with van der Waals surface area (Å²) in [4.78, 5) is 1.47. The summed E-state index contributed by atoms with van der Waals surface area (Å²) in [5.74, 6) is 1.25. The molecule has 0 saturated carbocycles. The summed E-state index contributed by atoms with van der Waals surface area (Å²) in [6.45, 7) is 0.923. The van der Waals surface area contributed by atoms with E-state index in [1.165, 1.54) is 28.2 Å². The average Bonchev–Trinajstić information content (AvgIpc) is 2.84. The van der Waals surface area contributed by atoms with Crippen LogP contribution in [0.5, 0.6) is 0 Å². The van der Waals surface area contributed by atoms with E-state index >= 15 is 0 Å². The Labute approximate surface area is 76.1 Å². The highest BCUT2D eigenvalue weighted by atomic mass is 32.2. The lowest BCUT2D eigenvalue weighted by Crippen LogP contribution is -1.85. The number of rotatable bonds is 1. The number of epoxide rings is 1. The van der Waals surface area contributed by atoms with E-state index in [-0.39, 0.29) is 0 Å². The molecule has 1 aromatic rings. The van der Waals surface area contributed by atoms with Crippen LogP contribution in [-0.2, 0) is 11.2 Å². The Morgan fingerprint density at radius 3 is 3.17 bits per heavy atom. The van der Waals surface area contributed by atoms with Gasteiger partial charge in [-0.2, -0.15) is 0 Å². The second-order valence-corrected chi connectivity index (χ2v) is 4.42. The molecular formula is C10H10OS. The molecule has 1 unspecified atom stereocenters. The quantitative estimate of drug-likeness (QED) is 0.612. The highest BCUT2D eigenvalue weighted by molar-refractivity contribution is 7.99. The monoisotopic (exact) mass is 178 g/mol. The number of ether oxygens (including phenoxy) is 1. The number of hydrogen-bond donors (Lipinski definition) is 0. The Morgan fingerprint density at radius 1 is 1.42 bits per heavy atom. The standard InChI is InChI=1S/C10H10OS/c1-2-10-8(3-4-12-10)5-7(1)9-6-11-9/h1-2,5,9H,3-4,6H2. The van der Waals surface area contributed by atoms with Crippen molar-refractivity contribution in [2.45, 2.75) is 17.4 Å². The summed E-state index contributed by atoms with van der Waals surface area (Å²) >= 11 is 1.97. The van der Waals surface area contributed by atoms with Gasteiger partial charge in [0.05, 0.1) is 6.61 Å². The molecule has 1 nitrogen and oxygen atoms in total. The lowest BCUT2D eigenvalue weighted by Gasteiger charge is -2.00. The summed E-state index contributed by atoms with van der Waals surface area (Å²) in [6.07, 6.45) is 1.65. The van der Waals surface area contributed by atoms with Gasteiger partial charge in [0.15, 0.2) is 0 Å². The van der Waals surface area contributed by atoms with Crippen molar-refractivity contribution in [1.29, 1.82) is 0 Å². The van der Waals surface area contributed by atoms with Crippen molar-refractivity contribution in [3.63, 3.8) is 0 Å². The van der Waals surface area contributed by atoms with Crippen molar-refractivity contribution in [2.24, 2.45) is 0 Å². The van der Waals surface area contributed by atoms with Crippen LogP contribution in [0.15, 0.2) is 23.1 Å². The van der Waals surface area contributed by atoms with Gasteiger partial charge in [-0.1, -0.05) is 12.1 Å². The summed E-state index contributed by atoms with van der Waals surface area (Å²) in [7, 11) is 0. The molecule has 2 aliphatic rings. The van der Waals surface area contributed by atoms with Gasteiger partial charge < -0.3 is 4.74 Å². The Hall–Kier alpha value is -0.470. The minimum Gasteiger partial charge on any atom is -0.368 e. The van der Waals surface area contributed by atoms with Crippen LogP contribution in [0.1, 0.15) is 17.2 Å². The van der Waals surface area contributed by atoms with E-state index in [9.17, 15) is 0 Å². The minimum atomic E-state index is 0.417. The average molecular weight is 178 g/mol. The molecule has 1 fully saturated rings. The van der Waals surface area contributed by atoms with E-state index in [0.717, 1.165) is 6.61 Å². The van der Waals surface area contributed by atoms with E-state index < -0.39 is 0 Å². The molecule has 2 heterocycles. The first-order valence-corrected chi connectivity index (χ1v) is 5.29. The van der Waals surface area contributed by atoms with Crippen molar-refractivity contribution < 1.29 is 4.74 Å². The molecule has 0 radical (unpaired) electrons. The first-order valence-electron chi connectivity index (χ1n) is 4.31. The van der Waals surface area contributed by atoms with E-state index in [1.807, 2.05) is 11.8 Å². The number of fused-ring (bicyclic) bond motifs is 1. The molecule has 3 rings (SSSR count). The molecule has 0 spiro atoms. The highest BCUT2D eigenvalue weighted by Crippen LogP contribution is 2.36. The van der Waals surface area contributed by atoms with Crippen molar-refractivity contribution >= 4 is 11.8 Å². The zero-order valence-corrected chi connectivity index (χ0v) is 7.56. The topological polar surface area (TPSA) is 12.5 Å². The smallest absolute Gasteiger partial charge is 0.106 e. The van der Waals surface area contributed by atoms with Gasteiger partial charge in [0.2, 0.25) is 0 Å². The van der Waals surface area contributed by atoms with Gasteiger partial charge >= 0.3 is 0 Å². The second kappa shape index (κ2) is 2.51. The predicted molar refractivity (Wildman–Crippen MR) is 49.6 cm³/mol. The van der Waals surface area contributed by atoms with Gasteiger partial charge in [-0.05, 0) is 23.6 Å². The molecule has 0 aliphatic carbocycles. The SMILES string of the molecule is c1cc2c(cc1C1CO1)CCS2. The largest absolute Gasteiger partial charge is 0.368 e. The third-order valence-corrected chi connectivity index (χ3v) is 3.54. The molecule has 62 valence electrons. The zero-order chi connectivity index (χ0) is 7.97. The molecule has 1 aromatic carbocycles. The maximum absolute atomic E-state index is 5.25. The molecule has 0 N–H and O–H groups in total. The molecule has 0 bridgehead atoms. The summed E-state index contributed by atoms with van der Waals surface area (Å²) in [6, 6.07) is 6.76. The highest BCUT2D eigenvalue weighted by Gasteiger charge is 2.25. The van der Waals surface area contributed by atoms with Crippen molar-refractivity contribution in [2.75, 3.05) is 12.4 Å². The Kier molecular flexibility index (Phi) is 1.46. The summed E-state index contributed by atoms with van der Waals surface area (Å²) < 4.78 is 5.25. The normalized spacial score (nSPS) is 25.5. The molecule has 1 atom stereocenters. The third-order valence-electron chi connectivity index (χ3n) is 2.42. The maximum atomic E-state index is 5.25. The van der Waals surface area contributed by atoms with Crippen LogP contribution in [0.25, 0.3) is 0 Å². The van der Waals surface area contributed by atoms with Crippen LogP contribution in [0, 0.1) is 0 Å². The van der Waals surface area contributed by atoms with E-state index in [1.54, 1.807) is 0 Å². The van der Waals surface area contributed by atoms with Crippen molar-refractivity contribution in [3.8, 4) is 0 Å². The van der Waals surface area contributed by atoms with Gasteiger partial charge in [0.25, 0.3) is 0 Å². The van der Waals surface area contributed by atoms with Crippen LogP contribution in [0.4, 0.5) is 0 Å². The Balaban J connectivity index is 2.03. The molecule has 0 aromatic heterocycles. The maximum Gasteiger partial charge on any atom is 0.106 e. The predicted octanol–water partition coefficient (Wildman–Crippen LogP) is 2.41. The van der Waals surface area contributed by atoms with Crippen LogP contribution >= 0.6 is 11.8 Å². The van der Waals surface area contributed by atoms with Gasteiger partial charge in [0, 0.05) is 10.6 Å². The summed E-state index contributed by atoms with van der Waals surface area (Å²) in [5.41, 5.74) is 2.89. The third kappa shape index (κ3) is 1.06. The van der Waals surface area contributed by atoms with Crippen LogP contribution < -0.4 is 0 Å². The number of thioether (sulfide) groups is 1. The van der Waals surface area contributed by atoms with Gasteiger partial charge in [-0.25, -0.2) is 0 Å². The van der Waals surface area contributed by atoms with Crippen molar-refractivity contribution in [1.82, 2.24) is 0 Å². The molecule has 2 aliphatic heterocycles. The molecular weight excluding hydrogens is 168 g/mol. The first kappa shape index (κ1) is 6.98. The Bertz CT molecular complexity index is 318. The number of benzene rings is 1. The van der Waals surface area contributed by atoms with E-state index in [0.29, 0.717) is 6.10 Å². The number of aryl methyl sites for hydroxylation is 1. The summed E-state index contributed by atoms with van der Waals surface area (Å²) in [5, 5.41) is 0. The van der Waals surface area contributed by atoms with Crippen LogP contribution in [0.2, 0.25) is 0 Å². The lowest BCUT2D eigenvalue weighted by atomic mass is 10.1. The van der Waals surface area contributed by atoms with Gasteiger partial charge in [-0.15, -0.1) is 11.8 Å². The van der Waals surface area contributed by atoms with Crippen molar-refractivity contribution in [3.05, 3.63) is 29.3 Å². The molecule has 1 saturated heterocycles. The fourth-order valence-electron chi connectivity index (χ4n) is 1.65. The Morgan fingerprint density at radius 2 is 2.33 bits per heavy atom. The molecule has 0 amide bonds. The van der Waals surface area contributed by atoms with Crippen LogP contribution in [-0.4, -0.2) is 12.4 Å². The first-order chi connectivity index (χ1) is 5.93. The number of hydrogen-bond acceptors (Lipinski definition) is 2. The fourth-order valence-corrected chi connectivity index (χ4v) is 2.70. The zero-order valence-electron chi connectivity index (χ0n) is 6.75. The van der Waals surface area contributed by atoms with Gasteiger partial charge in [0.1, 0.15) is 6.10 Å². The molecule has 2 heteroatoms. The fraction of sp³-hybridized carbons (Fsp3) is 0.400. The van der Waals surface area contributed by atoms with E-state index in [4.69, 9.17) is 4.74 Å². The van der Waals surface area contributed by atoms with Crippen LogP contribution in [0.3, 0.4) is 0 Å². The second-order valence-electron chi connectivity index (χ2n) is 3.29. The van der Waals surface area contributed by atoms with Gasteiger partial charge in [-0.3, -0.25) is 0 Å². The van der Waals surface area contributed by atoms with E-state index in [2.05, 4.69) is 18.2 Å². The minimum absolute atomic E-state index is 0.417.